The molecule has 0 aliphatic heterocycles. The Balaban J connectivity index is 1.83. The van der Waals surface area contributed by atoms with Crippen molar-refractivity contribution in [2.45, 2.75) is 34.1 Å². The van der Waals surface area contributed by atoms with Crippen molar-refractivity contribution in [1.82, 2.24) is 0 Å². The van der Waals surface area contributed by atoms with E-state index < -0.39 is 5.41 Å². The summed E-state index contributed by atoms with van der Waals surface area (Å²) in [7, 11) is 0. The van der Waals surface area contributed by atoms with E-state index in [1.54, 1.807) is 0 Å². The SMILES string of the molecule is CC(C)=CC1(C(=O)OCCOc2ccccc2)CC1(C)C. The largest absolute Gasteiger partial charge is 0.490 e. The number of rotatable bonds is 6. The Bertz CT molecular complexity index is 527. The number of para-hydroxylation sites is 1. The molecule has 0 spiro atoms. The molecule has 0 amide bonds. The van der Waals surface area contributed by atoms with Crippen LogP contribution in [0.25, 0.3) is 0 Å². The maximum Gasteiger partial charge on any atom is 0.316 e. The van der Waals surface area contributed by atoms with Gasteiger partial charge < -0.3 is 9.47 Å². The van der Waals surface area contributed by atoms with Gasteiger partial charge in [0.25, 0.3) is 0 Å². The number of hydrogen-bond acceptors (Lipinski definition) is 3. The van der Waals surface area contributed by atoms with Crippen LogP contribution < -0.4 is 4.74 Å². The van der Waals surface area contributed by atoms with Crippen molar-refractivity contribution in [2.75, 3.05) is 13.2 Å². The van der Waals surface area contributed by atoms with Gasteiger partial charge in [0.2, 0.25) is 0 Å². The van der Waals surface area contributed by atoms with Crippen molar-refractivity contribution in [3.05, 3.63) is 42.0 Å². The zero-order valence-electron chi connectivity index (χ0n) is 13.3. The Hall–Kier alpha value is -1.77. The highest BCUT2D eigenvalue weighted by Crippen LogP contribution is 2.65. The number of benzene rings is 1. The molecule has 0 aromatic heterocycles. The lowest BCUT2D eigenvalue weighted by atomic mass is 9.94. The molecular weight excluding hydrogens is 264 g/mol. The Kier molecular flexibility index (Phi) is 4.40. The maximum atomic E-state index is 12.4. The van der Waals surface area contributed by atoms with E-state index in [-0.39, 0.29) is 18.0 Å². The maximum absolute atomic E-state index is 12.4. The van der Waals surface area contributed by atoms with Gasteiger partial charge in [-0.1, -0.05) is 43.7 Å². The lowest BCUT2D eigenvalue weighted by molar-refractivity contribution is -0.150. The van der Waals surface area contributed by atoms with Gasteiger partial charge in [-0.05, 0) is 37.8 Å². The summed E-state index contributed by atoms with van der Waals surface area (Å²) in [5.41, 5.74) is 0.693. The van der Waals surface area contributed by atoms with Gasteiger partial charge in [0.1, 0.15) is 19.0 Å². The molecule has 1 aromatic carbocycles. The van der Waals surface area contributed by atoms with Crippen LogP contribution in [-0.4, -0.2) is 19.2 Å². The van der Waals surface area contributed by atoms with Crippen LogP contribution in [0.3, 0.4) is 0 Å². The lowest BCUT2D eigenvalue weighted by Crippen LogP contribution is -2.24. The first kappa shape index (κ1) is 15.6. The highest BCUT2D eigenvalue weighted by atomic mass is 16.6. The summed E-state index contributed by atoms with van der Waals surface area (Å²) in [5.74, 6) is 0.657. The van der Waals surface area contributed by atoms with Crippen molar-refractivity contribution < 1.29 is 14.3 Å². The smallest absolute Gasteiger partial charge is 0.316 e. The highest BCUT2D eigenvalue weighted by molar-refractivity contribution is 5.84. The number of carbonyl (C=O) groups excluding carboxylic acids is 1. The normalized spacial score (nSPS) is 22.3. The van der Waals surface area contributed by atoms with E-state index in [2.05, 4.69) is 13.8 Å². The standard InChI is InChI=1S/C18H24O3/c1-14(2)12-18(13-17(18,3)4)16(19)21-11-10-20-15-8-6-5-7-9-15/h5-9,12H,10-11,13H2,1-4H3. The molecule has 3 nitrogen and oxygen atoms in total. The summed E-state index contributed by atoms with van der Waals surface area (Å²) in [6.07, 6.45) is 2.90. The fourth-order valence-electron chi connectivity index (χ4n) is 2.74. The average molecular weight is 288 g/mol. The molecule has 0 bridgehead atoms. The van der Waals surface area contributed by atoms with Gasteiger partial charge in [0.15, 0.2) is 0 Å². The molecule has 0 saturated heterocycles. The number of esters is 1. The number of allylic oxidation sites excluding steroid dienone is 1. The molecule has 3 heteroatoms. The summed E-state index contributed by atoms with van der Waals surface area (Å²) < 4.78 is 10.9. The van der Waals surface area contributed by atoms with Crippen LogP contribution >= 0.6 is 0 Å². The first-order valence-corrected chi connectivity index (χ1v) is 7.38. The van der Waals surface area contributed by atoms with E-state index in [0.717, 1.165) is 17.7 Å². The molecule has 1 saturated carbocycles. The predicted molar refractivity (Wildman–Crippen MR) is 83.2 cm³/mol. The van der Waals surface area contributed by atoms with Crippen LogP contribution in [0, 0.1) is 10.8 Å². The molecule has 1 aliphatic carbocycles. The van der Waals surface area contributed by atoms with Crippen LogP contribution in [0.4, 0.5) is 0 Å². The molecule has 1 fully saturated rings. The zero-order valence-corrected chi connectivity index (χ0v) is 13.3. The number of hydrogen-bond donors (Lipinski definition) is 0. The minimum atomic E-state index is -0.446. The molecule has 0 radical (unpaired) electrons. The third-order valence-electron chi connectivity index (χ3n) is 4.03. The molecule has 1 unspecified atom stereocenters. The van der Waals surface area contributed by atoms with E-state index in [1.807, 2.05) is 50.3 Å². The van der Waals surface area contributed by atoms with E-state index in [9.17, 15) is 4.79 Å². The van der Waals surface area contributed by atoms with Crippen LogP contribution in [0.1, 0.15) is 34.1 Å². The summed E-state index contributed by atoms with van der Waals surface area (Å²) >= 11 is 0. The highest BCUT2D eigenvalue weighted by Gasteiger charge is 2.65. The number of carbonyl (C=O) groups is 1. The van der Waals surface area contributed by atoms with E-state index in [4.69, 9.17) is 9.47 Å². The Morgan fingerprint density at radius 1 is 1.19 bits per heavy atom. The van der Waals surface area contributed by atoms with Gasteiger partial charge in [0, 0.05) is 0 Å². The third kappa shape index (κ3) is 3.46. The predicted octanol–water partition coefficient (Wildman–Crippen LogP) is 3.99. The van der Waals surface area contributed by atoms with Gasteiger partial charge in [-0.3, -0.25) is 4.79 Å². The summed E-state index contributed by atoms with van der Waals surface area (Å²) in [5, 5.41) is 0. The van der Waals surface area contributed by atoms with Crippen LogP contribution in [0.15, 0.2) is 42.0 Å². The first-order valence-electron chi connectivity index (χ1n) is 7.38. The topological polar surface area (TPSA) is 35.5 Å². The Labute approximate surface area is 127 Å². The lowest BCUT2D eigenvalue weighted by Gasteiger charge is -2.16. The fourth-order valence-corrected chi connectivity index (χ4v) is 2.74. The van der Waals surface area contributed by atoms with Gasteiger partial charge in [-0.25, -0.2) is 0 Å². The molecule has 21 heavy (non-hydrogen) atoms. The second kappa shape index (κ2) is 5.92. The van der Waals surface area contributed by atoms with Crippen molar-refractivity contribution >= 4 is 5.97 Å². The van der Waals surface area contributed by atoms with Crippen LogP contribution in [-0.2, 0) is 9.53 Å². The monoisotopic (exact) mass is 288 g/mol. The summed E-state index contributed by atoms with van der Waals surface area (Å²) in [4.78, 5) is 12.4. The van der Waals surface area contributed by atoms with Crippen LogP contribution in [0.2, 0.25) is 0 Å². The van der Waals surface area contributed by atoms with Crippen molar-refractivity contribution in [2.24, 2.45) is 10.8 Å². The van der Waals surface area contributed by atoms with Crippen LogP contribution in [0.5, 0.6) is 5.75 Å². The Morgan fingerprint density at radius 3 is 2.33 bits per heavy atom. The molecular formula is C18H24O3. The minimum Gasteiger partial charge on any atom is -0.490 e. The van der Waals surface area contributed by atoms with E-state index >= 15 is 0 Å². The first-order chi connectivity index (χ1) is 9.87. The Morgan fingerprint density at radius 2 is 1.81 bits per heavy atom. The summed E-state index contributed by atoms with van der Waals surface area (Å²) in [6.45, 7) is 8.90. The second-order valence-corrected chi connectivity index (χ2v) is 6.55. The molecule has 114 valence electrons. The second-order valence-electron chi connectivity index (χ2n) is 6.55. The fraction of sp³-hybridized carbons (Fsp3) is 0.500. The molecule has 1 atom stereocenters. The quantitative estimate of drug-likeness (QED) is 0.451. The van der Waals surface area contributed by atoms with Crippen molar-refractivity contribution in [1.29, 1.82) is 0 Å². The molecule has 2 rings (SSSR count). The molecule has 1 aromatic rings. The van der Waals surface area contributed by atoms with E-state index in [1.165, 1.54) is 0 Å². The van der Waals surface area contributed by atoms with Gasteiger partial charge in [-0.15, -0.1) is 0 Å². The van der Waals surface area contributed by atoms with E-state index in [0.29, 0.717) is 6.61 Å². The van der Waals surface area contributed by atoms with Gasteiger partial charge in [-0.2, -0.15) is 0 Å². The average Bonchev–Trinajstić information content (AvgIpc) is 2.97. The molecule has 0 heterocycles. The molecule has 1 aliphatic rings. The summed E-state index contributed by atoms with van der Waals surface area (Å²) in [6, 6.07) is 9.54. The molecule has 0 N–H and O–H groups in total. The van der Waals surface area contributed by atoms with Gasteiger partial charge >= 0.3 is 5.97 Å². The zero-order chi connectivity index (χ0) is 15.5. The minimum absolute atomic E-state index is 0.0123. The van der Waals surface area contributed by atoms with Crippen molar-refractivity contribution in [3.63, 3.8) is 0 Å². The third-order valence-corrected chi connectivity index (χ3v) is 4.03. The van der Waals surface area contributed by atoms with Crippen molar-refractivity contribution in [3.8, 4) is 5.75 Å². The number of ether oxygens (including phenoxy) is 2. The van der Waals surface area contributed by atoms with Gasteiger partial charge in [0.05, 0.1) is 5.41 Å².